The summed E-state index contributed by atoms with van der Waals surface area (Å²) in [6.07, 6.45) is 0. The molecule has 0 atom stereocenters. The van der Waals surface area contributed by atoms with Gasteiger partial charge < -0.3 is 10.3 Å². The lowest BCUT2D eigenvalue weighted by atomic mass is 10.1. The first-order valence-corrected chi connectivity index (χ1v) is 6.89. The Morgan fingerprint density at radius 1 is 1.15 bits per heavy atom. The molecule has 3 rings (SSSR count). The number of rotatable bonds is 2. The molecule has 0 amide bonds. The van der Waals surface area contributed by atoms with Gasteiger partial charge in [-0.25, -0.2) is 0 Å². The molecule has 100 valence electrons. The zero-order valence-electron chi connectivity index (χ0n) is 10.8. The van der Waals surface area contributed by atoms with E-state index in [0.29, 0.717) is 17.4 Å². The summed E-state index contributed by atoms with van der Waals surface area (Å²) in [5, 5.41) is 4.01. The molecule has 4 nitrogen and oxygen atoms in total. The number of hydrogen-bond acceptors (Lipinski definition) is 4. The van der Waals surface area contributed by atoms with E-state index in [0.717, 1.165) is 21.2 Å². The Morgan fingerprint density at radius 2 is 1.95 bits per heavy atom. The van der Waals surface area contributed by atoms with Crippen LogP contribution >= 0.6 is 15.9 Å². The summed E-state index contributed by atoms with van der Waals surface area (Å²) in [6, 6.07) is 13.4. The highest BCUT2D eigenvalue weighted by molar-refractivity contribution is 9.10. The van der Waals surface area contributed by atoms with Crippen molar-refractivity contribution >= 4 is 21.6 Å². The fourth-order valence-corrected chi connectivity index (χ4v) is 2.25. The van der Waals surface area contributed by atoms with Gasteiger partial charge in [0.1, 0.15) is 0 Å². The molecule has 0 spiro atoms. The smallest absolute Gasteiger partial charge is 0.260 e. The van der Waals surface area contributed by atoms with Gasteiger partial charge in [-0.1, -0.05) is 45.4 Å². The summed E-state index contributed by atoms with van der Waals surface area (Å²) in [7, 11) is 0. The average molecular weight is 330 g/mol. The summed E-state index contributed by atoms with van der Waals surface area (Å²) in [4.78, 5) is 4.40. The fraction of sp³-hybridized carbons (Fsp3) is 0.0667. The first kappa shape index (κ1) is 12.9. The molecule has 0 unspecified atom stereocenters. The van der Waals surface area contributed by atoms with E-state index in [-0.39, 0.29) is 0 Å². The van der Waals surface area contributed by atoms with Crippen LogP contribution in [0.4, 0.5) is 5.69 Å². The van der Waals surface area contributed by atoms with Gasteiger partial charge in [-0.2, -0.15) is 4.98 Å². The molecule has 5 heteroatoms. The van der Waals surface area contributed by atoms with Crippen molar-refractivity contribution in [1.29, 1.82) is 0 Å². The standard InChI is InChI=1S/C15H12BrN3O/c1-9-6-7-10(8-12(9)16)14-18-15(20-19-14)11-4-2-3-5-13(11)17/h2-8H,17H2,1H3. The van der Waals surface area contributed by atoms with Gasteiger partial charge in [-0.15, -0.1) is 0 Å². The van der Waals surface area contributed by atoms with Crippen molar-refractivity contribution in [2.24, 2.45) is 0 Å². The van der Waals surface area contributed by atoms with Crippen LogP contribution in [0.5, 0.6) is 0 Å². The van der Waals surface area contributed by atoms with Crippen LogP contribution in [-0.4, -0.2) is 10.1 Å². The van der Waals surface area contributed by atoms with Crippen molar-refractivity contribution in [3.8, 4) is 22.8 Å². The number of nitrogens with two attached hydrogens (primary N) is 1. The molecular formula is C15H12BrN3O. The first-order chi connectivity index (χ1) is 9.65. The van der Waals surface area contributed by atoms with Crippen LogP contribution in [0, 0.1) is 6.92 Å². The lowest BCUT2D eigenvalue weighted by molar-refractivity contribution is 0.432. The van der Waals surface area contributed by atoms with Crippen LogP contribution in [0.3, 0.4) is 0 Å². The number of nitrogen functional groups attached to an aromatic ring is 1. The second kappa shape index (κ2) is 5.09. The number of para-hydroxylation sites is 1. The summed E-state index contributed by atoms with van der Waals surface area (Å²) in [6.45, 7) is 2.03. The molecule has 3 aromatic rings. The van der Waals surface area contributed by atoms with E-state index < -0.39 is 0 Å². The molecule has 0 saturated carbocycles. The molecule has 0 bridgehead atoms. The number of hydrogen-bond donors (Lipinski definition) is 1. The zero-order valence-corrected chi connectivity index (χ0v) is 12.4. The Morgan fingerprint density at radius 3 is 2.70 bits per heavy atom. The largest absolute Gasteiger partial charge is 0.398 e. The lowest BCUT2D eigenvalue weighted by Crippen LogP contribution is -1.89. The molecule has 2 N–H and O–H groups in total. The van der Waals surface area contributed by atoms with E-state index in [4.69, 9.17) is 10.3 Å². The molecule has 1 aromatic heterocycles. The fourth-order valence-electron chi connectivity index (χ4n) is 1.87. The number of halogens is 1. The van der Waals surface area contributed by atoms with Crippen molar-refractivity contribution in [3.63, 3.8) is 0 Å². The Hall–Kier alpha value is -2.14. The van der Waals surface area contributed by atoms with Gasteiger partial charge in [0.15, 0.2) is 0 Å². The summed E-state index contributed by atoms with van der Waals surface area (Å²) >= 11 is 3.50. The molecular weight excluding hydrogens is 318 g/mol. The Bertz CT molecular complexity index is 767. The second-order valence-corrected chi connectivity index (χ2v) is 5.33. The van der Waals surface area contributed by atoms with Crippen molar-refractivity contribution in [1.82, 2.24) is 10.1 Å². The molecule has 0 fully saturated rings. The second-order valence-electron chi connectivity index (χ2n) is 4.47. The van der Waals surface area contributed by atoms with Gasteiger partial charge in [0.2, 0.25) is 5.82 Å². The quantitative estimate of drug-likeness (QED) is 0.720. The molecule has 1 heterocycles. The maximum Gasteiger partial charge on any atom is 0.260 e. The van der Waals surface area contributed by atoms with E-state index in [1.54, 1.807) is 0 Å². The summed E-state index contributed by atoms with van der Waals surface area (Å²) < 4.78 is 6.31. The maximum atomic E-state index is 5.91. The average Bonchev–Trinajstić information content (AvgIpc) is 2.92. The van der Waals surface area contributed by atoms with Crippen LogP contribution in [0.25, 0.3) is 22.8 Å². The van der Waals surface area contributed by atoms with Gasteiger partial charge in [0.25, 0.3) is 5.89 Å². The topological polar surface area (TPSA) is 64.9 Å². The minimum absolute atomic E-state index is 0.426. The minimum atomic E-state index is 0.426. The number of aromatic nitrogens is 2. The van der Waals surface area contributed by atoms with Crippen LogP contribution in [0.2, 0.25) is 0 Å². The van der Waals surface area contributed by atoms with Gasteiger partial charge in [0.05, 0.1) is 5.56 Å². The predicted octanol–water partition coefficient (Wildman–Crippen LogP) is 4.06. The van der Waals surface area contributed by atoms with E-state index in [1.807, 2.05) is 49.4 Å². The number of anilines is 1. The van der Waals surface area contributed by atoms with E-state index in [2.05, 4.69) is 26.1 Å². The van der Waals surface area contributed by atoms with Gasteiger partial charge >= 0.3 is 0 Å². The first-order valence-electron chi connectivity index (χ1n) is 6.10. The molecule has 0 aliphatic carbocycles. The molecule has 0 radical (unpaired) electrons. The number of benzene rings is 2. The van der Waals surface area contributed by atoms with Crippen LogP contribution in [0.15, 0.2) is 51.5 Å². The van der Waals surface area contributed by atoms with Crippen molar-refractivity contribution in [2.75, 3.05) is 5.73 Å². The lowest BCUT2D eigenvalue weighted by Gasteiger charge is -1.99. The van der Waals surface area contributed by atoms with Gasteiger partial charge in [-0.3, -0.25) is 0 Å². The Balaban J connectivity index is 2.02. The maximum absolute atomic E-state index is 5.91. The Labute approximate surface area is 124 Å². The van der Waals surface area contributed by atoms with Crippen molar-refractivity contribution < 1.29 is 4.52 Å². The van der Waals surface area contributed by atoms with Crippen molar-refractivity contribution in [3.05, 3.63) is 52.5 Å². The molecule has 2 aromatic carbocycles. The van der Waals surface area contributed by atoms with Gasteiger partial charge in [-0.05, 0) is 30.7 Å². The Kier molecular flexibility index (Phi) is 3.28. The number of aryl methyl sites for hydroxylation is 1. The van der Waals surface area contributed by atoms with E-state index in [1.165, 1.54) is 0 Å². The molecule has 20 heavy (non-hydrogen) atoms. The van der Waals surface area contributed by atoms with Crippen LogP contribution in [0.1, 0.15) is 5.56 Å². The van der Waals surface area contributed by atoms with Crippen LogP contribution in [-0.2, 0) is 0 Å². The van der Waals surface area contributed by atoms with Crippen molar-refractivity contribution in [2.45, 2.75) is 6.92 Å². The third kappa shape index (κ3) is 2.32. The zero-order chi connectivity index (χ0) is 14.1. The summed E-state index contributed by atoms with van der Waals surface area (Å²) in [5.41, 5.74) is 9.33. The normalized spacial score (nSPS) is 10.7. The van der Waals surface area contributed by atoms with Crippen LogP contribution < -0.4 is 5.73 Å². The third-order valence-electron chi connectivity index (χ3n) is 3.05. The SMILES string of the molecule is Cc1ccc(-c2noc(-c3ccccc3N)n2)cc1Br. The molecule has 0 saturated heterocycles. The van der Waals surface area contributed by atoms with Gasteiger partial charge in [0, 0.05) is 15.7 Å². The highest BCUT2D eigenvalue weighted by Crippen LogP contribution is 2.28. The van der Waals surface area contributed by atoms with E-state index >= 15 is 0 Å². The summed E-state index contributed by atoms with van der Waals surface area (Å²) in [5.74, 6) is 0.971. The molecule has 0 aliphatic heterocycles. The third-order valence-corrected chi connectivity index (χ3v) is 3.90. The van der Waals surface area contributed by atoms with E-state index in [9.17, 15) is 0 Å². The molecule has 0 aliphatic rings. The predicted molar refractivity (Wildman–Crippen MR) is 82.0 cm³/mol. The highest BCUT2D eigenvalue weighted by Gasteiger charge is 2.13. The highest BCUT2D eigenvalue weighted by atomic mass is 79.9. The monoisotopic (exact) mass is 329 g/mol. The number of nitrogens with zero attached hydrogens (tertiary/aromatic N) is 2. The minimum Gasteiger partial charge on any atom is -0.398 e.